The molecular weight excluding hydrogens is 142 g/mol. The molecule has 0 unspecified atom stereocenters. The zero-order valence-electron chi connectivity index (χ0n) is 5.49. The molecule has 9 heavy (non-hydrogen) atoms. The Kier molecular flexibility index (Phi) is 3.10. The molecule has 0 saturated heterocycles. The van der Waals surface area contributed by atoms with Crippen LogP contribution in [-0.2, 0) is 14.8 Å². The van der Waals surface area contributed by atoms with E-state index in [2.05, 4.69) is 4.74 Å². The molecule has 56 valence electrons. The van der Waals surface area contributed by atoms with Gasteiger partial charge in [-0.15, -0.1) is 0 Å². The second-order valence-electron chi connectivity index (χ2n) is 1.85. The molecule has 4 nitrogen and oxygen atoms in total. The van der Waals surface area contributed by atoms with Crippen molar-refractivity contribution in [3.8, 4) is 0 Å². The molecule has 0 bridgehead atoms. The largest absolute Gasteiger partial charge is 0.383 e. The van der Waals surface area contributed by atoms with Crippen molar-refractivity contribution in [3.63, 3.8) is 0 Å². The standard InChI is InChI=1S/C4H11NO3S/c1-4(3-8-2)9(5,6)7/h4H,3H2,1-2H3,(H2,5,6,7)/t4-/m0/s1. The highest BCUT2D eigenvalue weighted by Gasteiger charge is 2.13. The van der Waals surface area contributed by atoms with E-state index in [1.54, 1.807) is 0 Å². The van der Waals surface area contributed by atoms with Crippen molar-refractivity contribution in [2.24, 2.45) is 5.14 Å². The van der Waals surface area contributed by atoms with Gasteiger partial charge in [-0.25, -0.2) is 13.6 Å². The first-order valence-corrected chi connectivity index (χ1v) is 4.10. The first-order chi connectivity index (χ1) is 3.98. The van der Waals surface area contributed by atoms with Crippen molar-refractivity contribution in [2.75, 3.05) is 13.7 Å². The van der Waals surface area contributed by atoms with Gasteiger partial charge in [0.25, 0.3) is 0 Å². The number of ether oxygens (including phenoxy) is 1. The van der Waals surface area contributed by atoms with E-state index in [1.165, 1.54) is 14.0 Å². The number of rotatable bonds is 3. The van der Waals surface area contributed by atoms with Crippen molar-refractivity contribution >= 4 is 10.0 Å². The van der Waals surface area contributed by atoms with Gasteiger partial charge in [0.15, 0.2) is 0 Å². The zero-order chi connectivity index (χ0) is 7.49. The van der Waals surface area contributed by atoms with Crippen LogP contribution in [0.1, 0.15) is 6.92 Å². The molecule has 0 aromatic carbocycles. The van der Waals surface area contributed by atoms with Crippen LogP contribution in [0.5, 0.6) is 0 Å². The quantitative estimate of drug-likeness (QED) is 0.583. The van der Waals surface area contributed by atoms with E-state index in [-0.39, 0.29) is 6.61 Å². The minimum atomic E-state index is -3.39. The van der Waals surface area contributed by atoms with E-state index in [1.807, 2.05) is 0 Å². The Hall–Kier alpha value is -0.130. The topological polar surface area (TPSA) is 69.4 Å². The number of primary sulfonamides is 1. The predicted molar refractivity (Wildman–Crippen MR) is 34.4 cm³/mol. The van der Waals surface area contributed by atoms with E-state index < -0.39 is 15.3 Å². The van der Waals surface area contributed by atoms with Crippen molar-refractivity contribution in [1.82, 2.24) is 0 Å². The highest BCUT2D eigenvalue weighted by atomic mass is 32.2. The van der Waals surface area contributed by atoms with E-state index >= 15 is 0 Å². The number of sulfonamides is 1. The van der Waals surface area contributed by atoms with Gasteiger partial charge < -0.3 is 4.74 Å². The summed E-state index contributed by atoms with van der Waals surface area (Å²) in [5.41, 5.74) is 0. The van der Waals surface area contributed by atoms with Crippen LogP contribution in [0.25, 0.3) is 0 Å². The predicted octanol–water partition coefficient (Wildman–Crippen LogP) is -0.690. The van der Waals surface area contributed by atoms with Crippen LogP contribution in [0.4, 0.5) is 0 Å². The summed E-state index contributed by atoms with van der Waals surface area (Å²) in [5.74, 6) is 0. The molecule has 0 radical (unpaired) electrons. The van der Waals surface area contributed by atoms with Gasteiger partial charge in [0.05, 0.1) is 11.9 Å². The molecule has 2 N–H and O–H groups in total. The van der Waals surface area contributed by atoms with E-state index in [0.717, 1.165) is 0 Å². The minimum absolute atomic E-state index is 0.152. The number of hydrogen-bond donors (Lipinski definition) is 1. The van der Waals surface area contributed by atoms with Crippen LogP contribution in [0.15, 0.2) is 0 Å². The van der Waals surface area contributed by atoms with Gasteiger partial charge in [0.1, 0.15) is 0 Å². The highest BCUT2D eigenvalue weighted by molar-refractivity contribution is 7.89. The van der Waals surface area contributed by atoms with Gasteiger partial charge in [-0.1, -0.05) is 0 Å². The second-order valence-corrected chi connectivity index (χ2v) is 3.84. The smallest absolute Gasteiger partial charge is 0.213 e. The van der Waals surface area contributed by atoms with Gasteiger partial charge in [-0.05, 0) is 6.92 Å². The Morgan fingerprint density at radius 2 is 2.11 bits per heavy atom. The van der Waals surface area contributed by atoms with Crippen molar-refractivity contribution in [3.05, 3.63) is 0 Å². The van der Waals surface area contributed by atoms with Gasteiger partial charge >= 0.3 is 0 Å². The molecule has 0 aliphatic carbocycles. The monoisotopic (exact) mass is 153 g/mol. The van der Waals surface area contributed by atoms with Crippen molar-refractivity contribution in [1.29, 1.82) is 0 Å². The SMILES string of the molecule is COC[C@H](C)S(N)(=O)=O. The van der Waals surface area contributed by atoms with E-state index in [9.17, 15) is 8.42 Å². The lowest BCUT2D eigenvalue weighted by atomic mass is 10.5. The summed E-state index contributed by atoms with van der Waals surface area (Å²) >= 11 is 0. The summed E-state index contributed by atoms with van der Waals surface area (Å²) in [5, 5.41) is 4.15. The Balaban J connectivity index is 3.90. The Labute approximate surface area is 55.0 Å². The summed E-state index contributed by atoms with van der Waals surface area (Å²) < 4.78 is 25.4. The summed E-state index contributed by atoms with van der Waals surface area (Å²) in [6.07, 6.45) is 0. The first-order valence-electron chi connectivity index (χ1n) is 2.49. The molecule has 0 rings (SSSR count). The molecule has 5 heteroatoms. The maximum Gasteiger partial charge on any atom is 0.213 e. The molecule has 0 fully saturated rings. The third-order valence-electron chi connectivity index (χ3n) is 0.962. The van der Waals surface area contributed by atoms with Crippen LogP contribution in [0.3, 0.4) is 0 Å². The number of nitrogens with two attached hydrogens (primary N) is 1. The number of hydrogen-bond acceptors (Lipinski definition) is 3. The van der Waals surface area contributed by atoms with Crippen molar-refractivity contribution < 1.29 is 13.2 Å². The average Bonchev–Trinajstić information content (AvgIpc) is 1.64. The first kappa shape index (κ1) is 8.87. The highest BCUT2D eigenvalue weighted by Crippen LogP contribution is 1.92. The molecule has 0 spiro atoms. The van der Waals surface area contributed by atoms with Crippen LogP contribution in [0.2, 0.25) is 0 Å². The second kappa shape index (κ2) is 3.14. The maximum absolute atomic E-state index is 10.4. The fourth-order valence-corrected chi connectivity index (χ4v) is 0.655. The van der Waals surface area contributed by atoms with Crippen molar-refractivity contribution in [2.45, 2.75) is 12.2 Å². The number of methoxy groups -OCH3 is 1. The Bertz CT molecular complexity index is 163. The molecule has 0 aromatic heterocycles. The minimum Gasteiger partial charge on any atom is -0.383 e. The molecule has 0 aliphatic rings. The summed E-state index contributed by atoms with van der Waals surface area (Å²) in [4.78, 5) is 0. The van der Waals surface area contributed by atoms with Crippen LogP contribution in [-0.4, -0.2) is 27.4 Å². The molecule has 0 saturated carbocycles. The lowest BCUT2D eigenvalue weighted by molar-refractivity contribution is 0.200. The fourth-order valence-electron chi connectivity index (χ4n) is 0.330. The molecule has 0 heterocycles. The van der Waals surface area contributed by atoms with Crippen LogP contribution >= 0.6 is 0 Å². The zero-order valence-corrected chi connectivity index (χ0v) is 6.31. The molecule has 0 amide bonds. The molecular formula is C4H11NO3S. The Morgan fingerprint density at radius 1 is 1.67 bits per heavy atom. The normalized spacial score (nSPS) is 15.4. The van der Waals surface area contributed by atoms with Crippen LogP contribution < -0.4 is 5.14 Å². The molecule has 0 aliphatic heterocycles. The van der Waals surface area contributed by atoms with E-state index in [4.69, 9.17) is 5.14 Å². The Morgan fingerprint density at radius 3 is 2.22 bits per heavy atom. The van der Waals surface area contributed by atoms with Gasteiger partial charge in [-0.2, -0.15) is 0 Å². The lowest BCUT2D eigenvalue weighted by Crippen LogP contribution is -2.29. The molecule has 0 aromatic rings. The fraction of sp³-hybridized carbons (Fsp3) is 1.00. The lowest BCUT2D eigenvalue weighted by Gasteiger charge is -2.05. The third-order valence-corrected chi connectivity index (χ3v) is 2.22. The average molecular weight is 153 g/mol. The molecule has 1 atom stereocenters. The summed E-state index contributed by atoms with van der Waals surface area (Å²) in [6.45, 7) is 1.65. The van der Waals surface area contributed by atoms with Gasteiger partial charge in [0.2, 0.25) is 10.0 Å². The maximum atomic E-state index is 10.4. The van der Waals surface area contributed by atoms with Crippen LogP contribution in [0, 0.1) is 0 Å². The summed E-state index contributed by atoms with van der Waals surface area (Å²) in [6, 6.07) is 0. The van der Waals surface area contributed by atoms with Gasteiger partial charge in [-0.3, -0.25) is 0 Å². The summed E-state index contributed by atoms with van der Waals surface area (Å²) in [7, 11) is -1.96. The third kappa shape index (κ3) is 3.45. The van der Waals surface area contributed by atoms with Gasteiger partial charge in [0, 0.05) is 7.11 Å². The van der Waals surface area contributed by atoms with E-state index in [0.29, 0.717) is 0 Å².